The molecule has 0 radical (unpaired) electrons. The standard InChI is InChI=1S/C20H38O2.Ca.K.Mg.5H/c1-16(2)9-6-10-17(3)11-7-12-18(4)13-8-14-19(5)15-20(21)22;;;;;;;;/h15-18H,6-14H2,1-5H3,(H,21,22);;;;;;;;/q;+2;+1;+2;5*-1/b19-15+;;;;;;;;/t17-,18-;;;;;;;;/m1......../s1. The molecule has 25 heavy (non-hydrogen) atoms. The number of hydrogen-bond donors (Lipinski definition) is 1. The van der Waals surface area contributed by atoms with E-state index in [1.807, 2.05) is 6.92 Å². The molecule has 0 aliphatic carbocycles. The number of rotatable bonds is 13. The van der Waals surface area contributed by atoms with E-state index < -0.39 is 5.97 Å². The molecule has 0 saturated heterocycles. The number of carbonyl (C=O) groups is 1. The summed E-state index contributed by atoms with van der Waals surface area (Å²) in [6.45, 7) is 11.3. The van der Waals surface area contributed by atoms with Gasteiger partial charge in [-0.3, -0.25) is 0 Å². The normalized spacial score (nSPS) is 13.3. The summed E-state index contributed by atoms with van der Waals surface area (Å²) in [6.07, 6.45) is 12.7. The Kier molecular flexibility index (Phi) is 32.7. The van der Waals surface area contributed by atoms with E-state index in [9.17, 15) is 4.79 Å². The van der Waals surface area contributed by atoms with Gasteiger partial charge in [0.05, 0.1) is 0 Å². The number of hydrogen-bond acceptors (Lipinski definition) is 1. The average Bonchev–Trinajstić information content (AvgIpc) is 2.37. The Balaban J connectivity index is -0.0000000787. The Morgan fingerprint density at radius 1 is 0.920 bits per heavy atom. The summed E-state index contributed by atoms with van der Waals surface area (Å²) in [5, 5.41) is 8.68. The summed E-state index contributed by atoms with van der Waals surface area (Å²) < 4.78 is 0. The predicted molar refractivity (Wildman–Crippen MR) is 113 cm³/mol. The van der Waals surface area contributed by atoms with Crippen molar-refractivity contribution in [2.75, 3.05) is 0 Å². The van der Waals surface area contributed by atoms with Crippen LogP contribution in [-0.2, 0) is 4.79 Å². The largest absolute Gasteiger partial charge is 2.00 e. The van der Waals surface area contributed by atoms with E-state index >= 15 is 0 Å². The first-order valence-corrected chi connectivity index (χ1v) is 9.21. The predicted octanol–water partition coefficient (Wildman–Crippen LogP) is 3.26. The minimum Gasteiger partial charge on any atom is -1.00 e. The van der Waals surface area contributed by atoms with E-state index in [0.29, 0.717) is 0 Å². The second-order valence-electron chi connectivity index (χ2n) is 7.69. The van der Waals surface area contributed by atoms with E-state index in [1.54, 1.807) is 0 Å². The molecule has 0 aromatic carbocycles. The number of aliphatic carboxylic acids is 1. The molecule has 0 amide bonds. The van der Waals surface area contributed by atoms with Gasteiger partial charge in [0.1, 0.15) is 0 Å². The molecule has 140 valence electrons. The van der Waals surface area contributed by atoms with Crippen LogP contribution >= 0.6 is 0 Å². The fourth-order valence-corrected chi connectivity index (χ4v) is 2.99. The molecule has 0 saturated carbocycles. The molecule has 1 N–H and O–H groups in total. The fraction of sp³-hybridized carbons (Fsp3) is 0.850. The van der Waals surface area contributed by atoms with Gasteiger partial charge < -0.3 is 12.2 Å². The van der Waals surface area contributed by atoms with Crippen molar-refractivity contribution < 1.29 is 68.4 Å². The first kappa shape index (κ1) is 35.3. The summed E-state index contributed by atoms with van der Waals surface area (Å²) in [5.74, 6) is 1.65. The van der Waals surface area contributed by atoms with E-state index in [0.717, 1.165) is 36.2 Å². The molecule has 0 rings (SSSR count). The molecular formula is C20H43CaKMgO2. The molecular weight excluding hydrogens is 376 g/mol. The van der Waals surface area contributed by atoms with Gasteiger partial charge in [-0.2, -0.15) is 0 Å². The summed E-state index contributed by atoms with van der Waals surface area (Å²) in [5.41, 5.74) is 0.985. The third-order valence-corrected chi connectivity index (χ3v) is 4.51. The van der Waals surface area contributed by atoms with Crippen LogP contribution in [0.3, 0.4) is 0 Å². The maximum atomic E-state index is 10.5. The van der Waals surface area contributed by atoms with Crippen LogP contribution in [0.1, 0.15) is 99.5 Å². The van der Waals surface area contributed by atoms with Crippen molar-refractivity contribution in [2.24, 2.45) is 17.8 Å². The number of carboxylic acid groups (broad SMARTS) is 1. The third-order valence-electron chi connectivity index (χ3n) is 4.51. The second kappa shape index (κ2) is 23.2. The Hall–Kier alpha value is 2.87. The first-order chi connectivity index (χ1) is 10.3. The Labute approximate surface area is 253 Å². The van der Waals surface area contributed by atoms with Gasteiger partial charge in [0.25, 0.3) is 0 Å². The van der Waals surface area contributed by atoms with Crippen molar-refractivity contribution >= 4 is 66.8 Å². The van der Waals surface area contributed by atoms with E-state index in [4.69, 9.17) is 5.11 Å². The van der Waals surface area contributed by atoms with Gasteiger partial charge >= 0.3 is 118 Å². The van der Waals surface area contributed by atoms with Gasteiger partial charge in [-0.05, 0) is 37.5 Å². The number of carboxylic acids is 1. The molecule has 5 heteroatoms. The second-order valence-corrected chi connectivity index (χ2v) is 7.69. The van der Waals surface area contributed by atoms with Crippen LogP contribution in [0.15, 0.2) is 11.6 Å². The zero-order chi connectivity index (χ0) is 17.0. The average molecular weight is 419 g/mol. The van der Waals surface area contributed by atoms with E-state index in [1.165, 1.54) is 51.0 Å². The Morgan fingerprint density at radius 2 is 1.32 bits per heavy atom. The van der Waals surface area contributed by atoms with E-state index in [2.05, 4.69) is 27.7 Å². The summed E-state index contributed by atoms with van der Waals surface area (Å²) in [4.78, 5) is 10.5. The van der Waals surface area contributed by atoms with Gasteiger partial charge in [0, 0.05) is 6.08 Å². The van der Waals surface area contributed by atoms with Gasteiger partial charge in [0.15, 0.2) is 0 Å². The van der Waals surface area contributed by atoms with Crippen molar-refractivity contribution in [3.05, 3.63) is 11.6 Å². The zero-order valence-electron chi connectivity index (χ0n) is 22.9. The fourth-order valence-electron chi connectivity index (χ4n) is 2.99. The van der Waals surface area contributed by atoms with Crippen LogP contribution in [0, 0.1) is 17.8 Å². The van der Waals surface area contributed by atoms with Crippen LogP contribution in [0.2, 0.25) is 0 Å². The molecule has 0 aliphatic heterocycles. The monoisotopic (exact) mass is 418 g/mol. The van der Waals surface area contributed by atoms with Gasteiger partial charge in [0.2, 0.25) is 0 Å². The van der Waals surface area contributed by atoms with Crippen LogP contribution in [0.25, 0.3) is 0 Å². The minimum absolute atomic E-state index is 0. The molecule has 0 spiro atoms. The Bertz CT molecular complexity index is 355. The smallest absolute Gasteiger partial charge is 1.00 e. The van der Waals surface area contributed by atoms with Crippen LogP contribution < -0.4 is 51.4 Å². The maximum Gasteiger partial charge on any atom is 2.00 e. The maximum absolute atomic E-state index is 10.5. The SMILES string of the molecule is C/C(=C\C(=O)O)CCC[C@H](C)CCC[C@H](C)CCCC(C)C.[Ca+2].[H-].[H-].[H-].[H-].[H-].[K+].[Mg+2]. The van der Waals surface area contributed by atoms with Crippen LogP contribution in [0.4, 0.5) is 0 Å². The molecule has 2 nitrogen and oxygen atoms in total. The van der Waals surface area contributed by atoms with Crippen LogP contribution in [0.5, 0.6) is 0 Å². The van der Waals surface area contributed by atoms with Crippen molar-refractivity contribution in [1.82, 2.24) is 0 Å². The topological polar surface area (TPSA) is 37.3 Å². The van der Waals surface area contributed by atoms with Crippen LogP contribution in [-0.4, -0.2) is 71.9 Å². The number of allylic oxidation sites excluding steroid dienone is 1. The van der Waals surface area contributed by atoms with Crippen molar-refractivity contribution in [2.45, 2.75) is 92.4 Å². The van der Waals surface area contributed by atoms with Gasteiger partial charge in [-0.15, -0.1) is 0 Å². The quantitative estimate of drug-likeness (QED) is 0.368. The summed E-state index contributed by atoms with van der Waals surface area (Å²) in [7, 11) is 0. The van der Waals surface area contributed by atoms with Gasteiger partial charge in [-0.25, -0.2) is 4.79 Å². The molecule has 0 aromatic heterocycles. The zero-order valence-corrected chi connectivity index (χ0v) is 24.7. The molecule has 0 bridgehead atoms. The van der Waals surface area contributed by atoms with Crippen molar-refractivity contribution in [3.63, 3.8) is 0 Å². The van der Waals surface area contributed by atoms with E-state index in [-0.39, 0.29) is 119 Å². The molecule has 0 unspecified atom stereocenters. The van der Waals surface area contributed by atoms with Gasteiger partial charge in [-0.1, -0.05) is 78.2 Å². The minimum atomic E-state index is -0.822. The molecule has 0 heterocycles. The third kappa shape index (κ3) is 26.9. The molecule has 0 aliphatic rings. The summed E-state index contributed by atoms with van der Waals surface area (Å²) >= 11 is 0. The first-order valence-electron chi connectivity index (χ1n) is 9.21. The molecule has 0 aromatic rings. The molecule has 0 fully saturated rings. The van der Waals surface area contributed by atoms with Crippen molar-refractivity contribution in [1.29, 1.82) is 0 Å². The molecule has 2 atom stereocenters. The summed E-state index contributed by atoms with van der Waals surface area (Å²) in [6, 6.07) is 0. The van der Waals surface area contributed by atoms with Crippen molar-refractivity contribution in [3.8, 4) is 0 Å². The Morgan fingerprint density at radius 3 is 1.72 bits per heavy atom.